The number of hydrogen-bond acceptors (Lipinski definition) is 6. The smallest absolute Gasteiger partial charge is 0.272 e. The molecule has 148 valence electrons. The van der Waals surface area contributed by atoms with Crippen LogP contribution in [0.5, 0.6) is 5.75 Å². The zero-order valence-electron chi connectivity index (χ0n) is 16.3. The summed E-state index contributed by atoms with van der Waals surface area (Å²) in [5, 5.41) is 8.12. The first kappa shape index (κ1) is 18.9. The number of piperidine rings is 1. The molecule has 0 aliphatic carbocycles. The van der Waals surface area contributed by atoms with Gasteiger partial charge in [0.05, 0.1) is 12.8 Å². The van der Waals surface area contributed by atoms with Crippen LogP contribution in [-0.2, 0) is 0 Å². The lowest BCUT2D eigenvalue weighted by molar-refractivity contribution is 0.0705. The van der Waals surface area contributed by atoms with Crippen molar-refractivity contribution in [2.45, 2.75) is 18.8 Å². The first-order valence-corrected chi connectivity index (χ1v) is 9.63. The highest BCUT2D eigenvalue weighted by Crippen LogP contribution is 2.31. The second kappa shape index (κ2) is 8.26. The van der Waals surface area contributed by atoms with Crippen molar-refractivity contribution in [1.82, 2.24) is 20.1 Å². The average molecular weight is 389 g/mol. The standard InChI is InChI=1S/C22H23N5O2/c1-29-20-13-19(24-14-17(20)15-5-3-2-4-6-15)22(28)27-11-9-16(10-12-27)18-7-8-21(23)26-25-18/h2-8,13-14,16H,9-12H2,1H3,(H2,23,26). The van der Waals surface area contributed by atoms with Gasteiger partial charge in [0.2, 0.25) is 0 Å². The molecule has 2 N–H and O–H groups in total. The Hall–Kier alpha value is -3.48. The fourth-order valence-electron chi connectivity index (χ4n) is 3.67. The maximum atomic E-state index is 13.0. The summed E-state index contributed by atoms with van der Waals surface area (Å²) >= 11 is 0. The van der Waals surface area contributed by atoms with E-state index in [4.69, 9.17) is 10.5 Å². The molecule has 1 aromatic carbocycles. The molecular weight excluding hydrogens is 366 g/mol. The maximum absolute atomic E-state index is 13.0. The van der Waals surface area contributed by atoms with Crippen molar-refractivity contribution in [3.05, 3.63) is 66.1 Å². The number of amides is 1. The van der Waals surface area contributed by atoms with Gasteiger partial charge in [-0.2, -0.15) is 5.10 Å². The molecule has 29 heavy (non-hydrogen) atoms. The Labute approximate surface area is 169 Å². The molecule has 7 heteroatoms. The van der Waals surface area contributed by atoms with Crippen LogP contribution in [0.2, 0.25) is 0 Å². The van der Waals surface area contributed by atoms with Gasteiger partial charge in [-0.05, 0) is 30.5 Å². The lowest BCUT2D eigenvalue weighted by atomic mass is 9.93. The Morgan fingerprint density at radius 3 is 2.52 bits per heavy atom. The SMILES string of the molecule is COc1cc(C(=O)N2CCC(c3ccc(N)nn3)CC2)ncc1-c1ccccc1. The second-order valence-corrected chi connectivity index (χ2v) is 7.09. The van der Waals surface area contributed by atoms with E-state index < -0.39 is 0 Å². The van der Waals surface area contributed by atoms with E-state index in [9.17, 15) is 4.79 Å². The minimum Gasteiger partial charge on any atom is -0.496 e. The fourth-order valence-corrected chi connectivity index (χ4v) is 3.67. The molecule has 0 saturated carbocycles. The molecule has 0 bridgehead atoms. The molecule has 1 amide bonds. The van der Waals surface area contributed by atoms with Crippen molar-refractivity contribution in [2.75, 3.05) is 25.9 Å². The van der Waals surface area contributed by atoms with Crippen molar-refractivity contribution in [1.29, 1.82) is 0 Å². The van der Waals surface area contributed by atoms with Gasteiger partial charge in [0.1, 0.15) is 17.3 Å². The number of rotatable bonds is 4. The normalized spacial score (nSPS) is 14.6. The third-order valence-electron chi connectivity index (χ3n) is 5.30. The van der Waals surface area contributed by atoms with E-state index in [1.165, 1.54) is 0 Å². The molecule has 4 rings (SSSR count). The van der Waals surface area contributed by atoms with Crippen molar-refractivity contribution >= 4 is 11.7 Å². The van der Waals surface area contributed by atoms with Crippen LogP contribution in [0.15, 0.2) is 54.7 Å². The zero-order chi connectivity index (χ0) is 20.2. The summed E-state index contributed by atoms with van der Waals surface area (Å²) in [5.74, 6) is 1.27. The molecule has 3 aromatic rings. The van der Waals surface area contributed by atoms with E-state index in [-0.39, 0.29) is 11.8 Å². The van der Waals surface area contributed by atoms with Crippen LogP contribution in [0.25, 0.3) is 11.1 Å². The van der Waals surface area contributed by atoms with E-state index in [0.717, 1.165) is 29.7 Å². The minimum absolute atomic E-state index is 0.0789. The summed E-state index contributed by atoms with van der Waals surface area (Å²) in [4.78, 5) is 19.2. The number of carbonyl (C=O) groups excluding carboxylic acids is 1. The molecule has 0 unspecified atom stereocenters. The number of pyridine rings is 1. The number of aromatic nitrogens is 3. The van der Waals surface area contributed by atoms with Crippen LogP contribution >= 0.6 is 0 Å². The lowest BCUT2D eigenvalue weighted by Crippen LogP contribution is -2.38. The Morgan fingerprint density at radius 1 is 1.10 bits per heavy atom. The number of carbonyl (C=O) groups is 1. The number of nitrogens with zero attached hydrogens (tertiary/aromatic N) is 4. The van der Waals surface area contributed by atoms with Gasteiger partial charge in [-0.3, -0.25) is 9.78 Å². The topological polar surface area (TPSA) is 94.2 Å². The van der Waals surface area contributed by atoms with Gasteiger partial charge >= 0.3 is 0 Å². The van der Waals surface area contributed by atoms with Crippen LogP contribution in [0.3, 0.4) is 0 Å². The number of likely N-dealkylation sites (tertiary alicyclic amines) is 1. The van der Waals surface area contributed by atoms with E-state index in [1.807, 2.05) is 41.3 Å². The van der Waals surface area contributed by atoms with E-state index in [1.54, 1.807) is 25.4 Å². The minimum atomic E-state index is -0.0789. The van der Waals surface area contributed by atoms with Crippen LogP contribution in [0.1, 0.15) is 34.9 Å². The summed E-state index contributed by atoms with van der Waals surface area (Å²) in [7, 11) is 1.61. The summed E-state index contributed by atoms with van der Waals surface area (Å²) in [6, 6.07) is 15.3. The Morgan fingerprint density at radius 2 is 1.86 bits per heavy atom. The number of anilines is 1. The van der Waals surface area contributed by atoms with Crippen molar-refractivity contribution < 1.29 is 9.53 Å². The number of methoxy groups -OCH3 is 1. The van der Waals surface area contributed by atoms with Gasteiger partial charge in [0, 0.05) is 36.8 Å². The van der Waals surface area contributed by atoms with Gasteiger partial charge in [0.25, 0.3) is 5.91 Å². The number of hydrogen-bond donors (Lipinski definition) is 1. The monoisotopic (exact) mass is 389 g/mol. The fraction of sp³-hybridized carbons (Fsp3) is 0.273. The molecular formula is C22H23N5O2. The van der Waals surface area contributed by atoms with Crippen LogP contribution in [0, 0.1) is 0 Å². The predicted molar refractivity (Wildman–Crippen MR) is 111 cm³/mol. The molecule has 1 aliphatic rings. The molecule has 1 fully saturated rings. The lowest BCUT2D eigenvalue weighted by Gasteiger charge is -2.31. The highest BCUT2D eigenvalue weighted by Gasteiger charge is 2.26. The summed E-state index contributed by atoms with van der Waals surface area (Å²) in [5.41, 5.74) is 8.80. The van der Waals surface area contributed by atoms with Gasteiger partial charge in [-0.1, -0.05) is 30.3 Å². The number of nitrogens with two attached hydrogens (primary N) is 1. The first-order valence-electron chi connectivity index (χ1n) is 9.63. The second-order valence-electron chi connectivity index (χ2n) is 7.09. The summed E-state index contributed by atoms with van der Waals surface area (Å²) in [6.07, 6.45) is 3.38. The Kier molecular flexibility index (Phi) is 5.37. The van der Waals surface area contributed by atoms with Gasteiger partial charge in [0.15, 0.2) is 0 Å². The summed E-state index contributed by atoms with van der Waals surface area (Å²) in [6.45, 7) is 1.31. The highest BCUT2D eigenvalue weighted by molar-refractivity contribution is 5.93. The molecule has 1 saturated heterocycles. The number of nitrogen functional groups attached to an aromatic ring is 1. The van der Waals surface area contributed by atoms with Crippen LogP contribution in [-0.4, -0.2) is 46.2 Å². The van der Waals surface area contributed by atoms with Crippen LogP contribution < -0.4 is 10.5 Å². The highest BCUT2D eigenvalue weighted by atomic mass is 16.5. The van der Waals surface area contributed by atoms with Crippen molar-refractivity contribution in [3.63, 3.8) is 0 Å². The third-order valence-corrected chi connectivity index (χ3v) is 5.30. The van der Waals surface area contributed by atoms with Crippen molar-refractivity contribution in [3.8, 4) is 16.9 Å². The van der Waals surface area contributed by atoms with E-state index in [2.05, 4.69) is 15.2 Å². The zero-order valence-corrected chi connectivity index (χ0v) is 16.3. The maximum Gasteiger partial charge on any atom is 0.272 e. The van der Waals surface area contributed by atoms with E-state index in [0.29, 0.717) is 30.4 Å². The van der Waals surface area contributed by atoms with Gasteiger partial charge in [-0.15, -0.1) is 5.10 Å². The third kappa shape index (κ3) is 4.03. The van der Waals surface area contributed by atoms with E-state index >= 15 is 0 Å². The molecule has 2 aromatic heterocycles. The molecule has 0 spiro atoms. The van der Waals surface area contributed by atoms with Crippen molar-refractivity contribution in [2.24, 2.45) is 0 Å². The molecule has 7 nitrogen and oxygen atoms in total. The average Bonchev–Trinajstić information content (AvgIpc) is 2.79. The quantitative estimate of drug-likeness (QED) is 0.737. The molecule has 0 atom stereocenters. The van der Waals surface area contributed by atoms with Gasteiger partial charge in [-0.25, -0.2) is 0 Å². The molecule has 3 heterocycles. The molecule has 0 radical (unpaired) electrons. The Bertz CT molecular complexity index is 984. The predicted octanol–water partition coefficient (Wildman–Crippen LogP) is 3.15. The molecule has 1 aliphatic heterocycles. The van der Waals surface area contributed by atoms with Gasteiger partial charge < -0.3 is 15.4 Å². The van der Waals surface area contributed by atoms with Crippen LogP contribution in [0.4, 0.5) is 5.82 Å². The summed E-state index contributed by atoms with van der Waals surface area (Å²) < 4.78 is 5.53. The number of benzene rings is 1. The first-order chi connectivity index (χ1) is 14.2. The largest absolute Gasteiger partial charge is 0.496 e. The Balaban J connectivity index is 1.47. The number of ether oxygens (including phenoxy) is 1.